The number of ether oxygens (including phenoxy) is 1. The van der Waals surface area contributed by atoms with Crippen LogP contribution in [0, 0.1) is 5.92 Å². The Kier molecular flexibility index (Phi) is 6.35. The quantitative estimate of drug-likeness (QED) is 0.706. The molecule has 1 aliphatic heterocycles. The number of amides is 1. The normalized spacial score (nSPS) is 18.6. The van der Waals surface area contributed by atoms with Gasteiger partial charge in [-0.15, -0.1) is 0 Å². The highest BCUT2D eigenvalue weighted by Crippen LogP contribution is 2.21. The van der Waals surface area contributed by atoms with Crippen LogP contribution in [0.4, 0.5) is 4.79 Å². The van der Waals surface area contributed by atoms with Gasteiger partial charge < -0.3 is 20.1 Å². The Morgan fingerprint density at radius 2 is 2.16 bits per heavy atom. The van der Waals surface area contributed by atoms with Crippen molar-refractivity contribution in [1.82, 2.24) is 10.2 Å². The van der Waals surface area contributed by atoms with Crippen molar-refractivity contribution >= 4 is 12.1 Å². The van der Waals surface area contributed by atoms with Crippen LogP contribution in [0.25, 0.3) is 0 Å². The smallest absolute Gasteiger partial charge is 0.408 e. The van der Waals surface area contributed by atoms with Gasteiger partial charge >= 0.3 is 12.1 Å². The minimum absolute atomic E-state index is 0.0758. The minimum Gasteiger partial charge on any atom is -0.480 e. The first kappa shape index (κ1) is 15.5. The van der Waals surface area contributed by atoms with E-state index in [0.29, 0.717) is 12.3 Å². The van der Waals surface area contributed by atoms with Crippen LogP contribution in [0.15, 0.2) is 12.7 Å². The SMILES string of the molecule is C=CCOC(=O)NC(CC1CCN(C)CC1)C(=O)O. The van der Waals surface area contributed by atoms with Crippen molar-refractivity contribution in [1.29, 1.82) is 0 Å². The van der Waals surface area contributed by atoms with Crippen molar-refractivity contribution in [2.75, 3.05) is 26.7 Å². The third kappa shape index (κ3) is 5.74. The minimum atomic E-state index is -1.02. The van der Waals surface area contributed by atoms with Gasteiger partial charge in [-0.25, -0.2) is 9.59 Å². The van der Waals surface area contributed by atoms with Gasteiger partial charge in [0.15, 0.2) is 0 Å². The molecule has 1 heterocycles. The summed E-state index contributed by atoms with van der Waals surface area (Å²) in [5, 5.41) is 11.5. The average molecular weight is 270 g/mol. The van der Waals surface area contributed by atoms with Crippen molar-refractivity contribution in [3.05, 3.63) is 12.7 Å². The van der Waals surface area contributed by atoms with Crippen molar-refractivity contribution in [2.24, 2.45) is 5.92 Å². The molecule has 1 amide bonds. The highest BCUT2D eigenvalue weighted by molar-refractivity contribution is 5.79. The molecule has 6 heteroatoms. The van der Waals surface area contributed by atoms with Crippen LogP contribution in [-0.4, -0.2) is 54.9 Å². The summed E-state index contributed by atoms with van der Waals surface area (Å²) < 4.78 is 4.74. The second-order valence-electron chi connectivity index (χ2n) is 4.90. The zero-order valence-corrected chi connectivity index (χ0v) is 11.3. The number of likely N-dealkylation sites (tertiary alicyclic amines) is 1. The predicted octanol–water partition coefficient (Wildman–Crippen LogP) is 1.08. The summed E-state index contributed by atoms with van der Waals surface area (Å²) >= 11 is 0. The number of alkyl carbamates (subject to hydrolysis) is 1. The molecule has 1 fully saturated rings. The summed E-state index contributed by atoms with van der Waals surface area (Å²) in [4.78, 5) is 24.7. The van der Waals surface area contributed by atoms with Crippen molar-refractivity contribution in [3.63, 3.8) is 0 Å². The molecule has 0 aromatic carbocycles. The number of hydrogen-bond acceptors (Lipinski definition) is 4. The zero-order chi connectivity index (χ0) is 14.3. The van der Waals surface area contributed by atoms with E-state index in [1.54, 1.807) is 0 Å². The van der Waals surface area contributed by atoms with Crippen LogP contribution in [0.1, 0.15) is 19.3 Å². The highest BCUT2D eigenvalue weighted by atomic mass is 16.5. The number of carbonyl (C=O) groups is 2. The van der Waals surface area contributed by atoms with Crippen molar-refractivity contribution < 1.29 is 19.4 Å². The Morgan fingerprint density at radius 3 is 2.68 bits per heavy atom. The molecule has 1 rings (SSSR count). The van der Waals surface area contributed by atoms with E-state index in [-0.39, 0.29) is 6.61 Å². The number of hydrogen-bond donors (Lipinski definition) is 2. The van der Waals surface area contributed by atoms with Gasteiger partial charge in [-0.05, 0) is 45.3 Å². The number of aliphatic carboxylic acids is 1. The Balaban J connectivity index is 2.42. The van der Waals surface area contributed by atoms with Crippen LogP contribution in [-0.2, 0) is 9.53 Å². The van der Waals surface area contributed by atoms with E-state index in [4.69, 9.17) is 9.84 Å². The molecule has 108 valence electrons. The lowest BCUT2D eigenvalue weighted by molar-refractivity contribution is -0.139. The Labute approximate surface area is 113 Å². The molecule has 0 saturated carbocycles. The van der Waals surface area contributed by atoms with Gasteiger partial charge in [-0.2, -0.15) is 0 Å². The summed E-state index contributed by atoms with van der Waals surface area (Å²) in [6.45, 7) is 5.44. The molecule has 2 N–H and O–H groups in total. The second-order valence-corrected chi connectivity index (χ2v) is 4.90. The molecule has 1 saturated heterocycles. The lowest BCUT2D eigenvalue weighted by Gasteiger charge is -2.30. The highest BCUT2D eigenvalue weighted by Gasteiger charge is 2.26. The number of rotatable bonds is 6. The molecular formula is C13H22N2O4. The maximum absolute atomic E-state index is 11.4. The van der Waals surface area contributed by atoms with E-state index in [1.807, 2.05) is 0 Å². The Hall–Kier alpha value is -1.56. The molecule has 0 aromatic heterocycles. The number of carboxylic acids is 1. The van der Waals surface area contributed by atoms with E-state index < -0.39 is 18.1 Å². The number of nitrogens with zero attached hydrogens (tertiary/aromatic N) is 1. The number of piperidine rings is 1. The second kappa shape index (κ2) is 7.78. The molecule has 19 heavy (non-hydrogen) atoms. The molecule has 0 aromatic rings. The largest absolute Gasteiger partial charge is 0.480 e. The predicted molar refractivity (Wildman–Crippen MR) is 70.9 cm³/mol. The maximum Gasteiger partial charge on any atom is 0.408 e. The molecule has 0 radical (unpaired) electrons. The van der Waals surface area contributed by atoms with Crippen LogP contribution in [0.2, 0.25) is 0 Å². The monoisotopic (exact) mass is 270 g/mol. The lowest BCUT2D eigenvalue weighted by Crippen LogP contribution is -2.43. The Bertz CT molecular complexity index is 325. The van der Waals surface area contributed by atoms with Crippen LogP contribution in [0.5, 0.6) is 0 Å². The molecule has 0 spiro atoms. The molecule has 1 atom stereocenters. The van der Waals surface area contributed by atoms with Crippen LogP contribution in [0.3, 0.4) is 0 Å². The molecular weight excluding hydrogens is 248 g/mol. The van der Waals surface area contributed by atoms with Gasteiger partial charge in [0, 0.05) is 0 Å². The van der Waals surface area contributed by atoms with E-state index >= 15 is 0 Å². The Morgan fingerprint density at radius 1 is 1.53 bits per heavy atom. The van der Waals surface area contributed by atoms with E-state index in [9.17, 15) is 9.59 Å². The van der Waals surface area contributed by atoms with E-state index in [0.717, 1.165) is 25.9 Å². The third-order valence-corrected chi connectivity index (χ3v) is 3.33. The fourth-order valence-corrected chi connectivity index (χ4v) is 2.17. The van der Waals surface area contributed by atoms with Crippen molar-refractivity contribution in [3.8, 4) is 0 Å². The average Bonchev–Trinajstić information content (AvgIpc) is 2.38. The van der Waals surface area contributed by atoms with E-state index in [2.05, 4.69) is 23.8 Å². The van der Waals surface area contributed by atoms with Gasteiger partial charge in [0.25, 0.3) is 0 Å². The lowest BCUT2D eigenvalue weighted by atomic mass is 9.90. The molecule has 1 aliphatic rings. The number of carbonyl (C=O) groups excluding carboxylic acids is 1. The standard InChI is InChI=1S/C13H22N2O4/c1-3-8-19-13(18)14-11(12(16)17)9-10-4-6-15(2)7-5-10/h3,10-11H,1,4-9H2,2H3,(H,14,18)(H,16,17). The molecule has 0 aliphatic carbocycles. The topological polar surface area (TPSA) is 78.9 Å². The first-order chi connectivity index (χ1) is 9.02. The maximum atomic E-state index is 11.4. The van der Waals surface area contributed by atoms with Gasteiger partial charge in [-0.1, -0.05) is 12.7 Å². The van der Waals surface area contributed by atoms with Gasteiger partial charge in [0.05, 0.1) is 0 Å². The summed E-state index contributed by atoms with van der Waals surface area (Å²) in [7, 11) is 2.05. The van der Waals surface area contributed by atoms with Gasteiger partial charge in [0.2, 0.25) is 0 Å². The van der Waals surface area contributed by atoms with Crippen molar-refractivity contribution in [2.45, 2.75) is 25.3 Å². The third-order valence-electron chi connectivity index (χ3n) is 3.33. The summed E-state index contributed by atoms with van der Waals surface area (Å²) in [6.07, 6.45) is 3.10. The fraction of sp³-hybridized carbons (Fsp3) is 0.692. The summed E-state index contributed by atoms with van der Waals surface area (Å²) in [5.41, 5.74) is 0. The molecule has 6 nitrogen and oxygen atoms in total. The number of nitrogens with one attached hydrogen (secondary N) is 1. The molecule has 1 unspecified atom stereocenters. The van der Waals surface area contributed by atoms with Gasteiger partial charge in [0.1, 0.15) is 12.6 Å². The summed E-state index contributed by atoms with van der Waals surface area (Å²) in [5.74, 6) is -0.688. The fourth-order valence-electron chi connectivity index (χ4n) is 2.17. The zero-order valence-electron chi connectivity index (χ0n) is 11.3. The number of carboxylic acid groups (broad SMARTS) is 1. The van der Waals surface area contributed by atoms with Gasteiger partial charge in [-0.3, -0.25) is 0 Å². The first-order valence-corrected chi connectivity index (χ1v) is 6.48. The molecule has 0 bridgehead atoms. The van der Waals surface area contributed by atoms with Crippen LogP contribution >= 0.6 is 0 Å². The first-order valence-electron chi connectivity index (χ1n) is 6.48. The summed E-state index contributed by atoms with van der Waals surface area (Å²) in [6, 6.07) is -0.884. The van der Waals surface area contributed by atoms with Crippen LogP contribution < -0.4 is 5.32 Å². The van der Waals surface area contributed by atoms with E-state index in [1.165, 1.54) is 6.08 Å².